The Morgan fingerprint density at radius 1 is 1.11 bits per heavy atom. The molecule has 2 amide bonds. The molecule has 9 heteroatoms. The Labute approximate surface area is 202 Å². The molecular weight excluding hydrogens is 457 g/mol. The minimum atomic E-state index is -4.44. The Kier molecular flexibility index (Phi) is 6.38. The summed E-state index contributed by atoms with van der Waals surface area (Å²) >= 11 is 0. The standard InChI is InChI=1S/C26H29F3N4O2/c1-16(2)25(3)13-23(35)33(24(30)31-25)14-17-6-4-9-21(10-17)32-15-19(12-22(32)34)18-7-5-8-20(11-18)26(27,28)29/h4-11,16,19H,12-15H2,1-3H3,(H2,30,31)/t19-,25-/m0/s1. The van der Waals surface area contributed by atoms with Crippen molar-refractivity contribution < 1.29 is 22.8 Å². The maximum Gasteiger partial charge on any atom is 0.416 e. The number of hydrogen-bond donors (Lipinski definition) is 2. The second-order valence-electron chi connectivity index (χ2n) is 9.90. The average molecular weight is 487 g/mol. The zero-order valence-corrected chi connectivity index (χ0v) is 19.9. The minimum absolute atomic E-state index is 0.0460. The topological polar surface area (TPSA) is 76.5 Å². The molecule has 0 unspecified atom stereocenters. The minimum Gasteiger partial charge on any atom is -0.350 e. The van der Waals surface area contributed by atoms with E-state index in [2.05, 4.69) is 5.32 Å². The molecule has 2 N–H and O–H groups in total. The second kappa shape index (κ2) is 9.02. The van der Waals surface area contributed by atoms with E-state index >= 15 is 0 Å². The molecule has 2 fully saturated rings. The summed E-state index contributed by atoms with van der Waals surface area (Å²) in [5, 5.41) is 11.5. The zero-order chi connectivity index (χ0) is 25.5. The van der Waals surface area contributed by atoms with Crippen LogP contribution in [-0.2, 0) is 22.3 Å². The Hall–Kier alpha value is -3.36. The predicted molar refractivity (Wildman–Crippen MR) is 127 cm³/mol. The zero-order valence-electron chi connectivity index (χ0n) is 19.9. The Morgan fingerprint density at radius 2 is 1.83 bits per heavy atom. The molecule has 0 aliphatic carbocycles. The smallest absolute Gasteiger partial charge is 0.350 e. The first-order valence-electron chi connectivity index (χ1n) is 11.6. The second-order valence-corrected chi connectivity index (χ2v) is 9.90. The average Bonchev–Trinajstić information content (AvgIpc) is 3.17. The van der Waals surface area contributed by atoms with Gasteiger partial charge < -0.3 is 10.2 Å². The quantitative estimate of drug-likeness (QED) is 0.631. The molecule has 0 saturated carbocycles. The summed E-state index contributed by atoms with van der Waals surface area (Å²) in [6.07, 6.45) is -4.04. The number of halogens is 3. The molecule has 2 heterocycles. The van der Waals surface area contributed by atoms with Crippen LogP contribution in [0, 0.1) is 11.3 Å². The summed E-state index contributed by atoms with van der Waals surface area (Å²) in [5.74, 6) is -0.436. The van der Waals surface area contributed by atoms with E-state index in [0.29, 0.717) is 11.3 Å². The number of hydrogen-bond acceptors (Lipinski definition) is 3. The van der Waals surface area contributed by atoms with Crippen molar-refractivity contribution in [2.45, 2.75) is 57.8 Å². The van der Waals surface area contributed by atoms with Gasteiger partial charge in [0, 0.05) is 30.1 Å². The summed E-state index contributed by atoms with van der Waals surface area (Å²) in [6, 6.07) is 12.3. The van der Waals surface area contributed by atoms with Gasteiger partial charge in [0.05, 0.1) is 18.5 Å². The van der Waals surface area contributed by atoms with Gasteiger partial charge >= 0.3 is 6.18 Å². The van der Waals surface area contributed by atoms with Crippen LogP contribution in [0.15, 0.2) is 48.5 Å². The first kappa shape index (κ1) is 24.8. The van der Waals surface area contributed by atoms with Gasteiger partial charge in [0.2, 0.25) is 11.8 Å². The Balaban J connectivity index is 1.49. The van der Waals surface area contributed by atoms with Crippen molar-refractivity contribution in [1.82, 2.24) is 10.2 Å². The number of guanidine groups is 1. The summed E-state index contributed by atoms with van der Waals surface area (Å²) < 4.78 is 39.4. The predicted octanol–water partition coefficient (Wildman–Crippen LogP) is 4.90. The summed E-state index contributed by atoms with van der Waals surface area (Å²) in [5.41, 5.74) is 0.661. The van der Waals surface area contributed by atoms with E-state index in [-0.39, 0.29) is 55.5 Å². The van der Waals surface area contributed by atoms with Crippen molar-refractivity contribution in [1.29, 1.82) is 5.41 Å². The molecule has 186 valence electrons. The van der Waals surface area contributed by atoms with Gasteiger partial charge in [-0.3, -0.25) is 19.9 Å². The number of carbonyl (C=O) groups excluding carboxylic acids is 2. The van der Waals surface area contributed by atoms with Crippen molar-refractivity contribution in [3.05, 3.63) is 65.2 Å². The maximum atomic E-state index is 13.1. The van der Waals surface area contributed by atoms with E-state index in [9.17, 15) is 22.8 Å². The van der Waals surface area contributed by atoms with Gasteiger partial charge in [-0.1, -0.05) is 44.2 Å². The fraction of sp³-hybridized carbons (Fsp3) is 0.423. The molecule has 6 nitrogen and oxygen atoms in total. The highest BCUT2D eigenvalue weighted by molar-refractivity contribution is 5.99. The number of rotatable bonds is 5. The van der Waals surface area contributed by atoms with E-state index in [0.717, 1.165) is 17.7 Å². The van der Waals surface area contributed by atoms with E-state index in [1.807, 2.05) is 26.8 Å². The van der Waals surface area contributed by atoms with E-state index in [1.54, 1.807) is 29.2 Å². The van der Waals surface area contributed by atoms with Gasteiger partial charge in [0.1, 0.15) is 0 Å². The molecule has 0 aromatic heterocycles. The molecule has 4 rings (SSSR count). The number of benzene rings is 2. The van der Waals surface area contributed by atoms with Crippen LogP contribution in [0.4, 0.5) is 18.9 Å². The fourth-order valence-corrected chi connectivity index (χ4v) is 4.59. The normalized spacial score (nSPS) is 23.3. The lowest BCUT2D eigenvalue weighted by molar-refractivity contribution is -0.137. The van der Waals surface area contributed by atoms with E-state index in [1.165, 1.54) is 11.0 Å². The van der Waals surface area contributed by atoms with Crippen LogP contribution < -0.4 is 10.2 Å². The molecule has 2 saturated heterocycles. The Bertz CT molecular complexity index is 1140. The third-order valence-electron chi connectivity index (χ3n) is 7.14. The molecule has 2 aliphatic rings. The molecule has 0 bridgehead atoms. The lowest BCUT2D eigenvalue weighted by Crippen LogP contribution is -2.62. The summed E-state index contributed by atoms with van der Waals surface area (Å²) in [4.78, 5) is 28.6. The van der Waals surface area contributed by atoms with Crippen molar-refractivity contribution in [3.63, 3.8) is 0 Å². The largest absolute Gasteiger partial charge is 0.416 e. The molecular formula is C26H29F3N4O2. The van der Waals surface area contributed by atoms with Gasteiger partial charge in [0.15, 0.2) is 5.96 Å². The monoisotopic (exact) mass is 486 g/mol. The number of amides is 2. The van der Waals surface area contributed by atoms with Crippen molar-refractivity contribution in [3.8, 4) is 0 Å². The van der Waals surface area contributed by atoms with E-state index in [4.69, 9.17) is 5.41 Å². The molecule has 0 spiro atoms. The molecule has 2 aromatic rings. The molecule has 35 heavy (non-hydrogen) atoms. The van der Waals surface area contributed by atoms with Crippen LogP contribution in [0.3, 0.4) is 0 Å². The van der Waals surface area contributed by atoms with Gasteiger partial charge in [-0.15, -0.1) is 0 Å². The van der Waals surface area contributed by atoms with E-state index < -0.39 is 17.3 Å². The number of anilines is 1. The lowest BCUT2D eigenvalue weighted by Gasteiger charge is -2.43. The summed E-state index contributed by atoms with van der Waals surface area (Å²) in [7, 11) is 0. The van der Waals surface area contributed by atoms with Gasteiger partial charge in [-0.2, -0.15) is 13.2 Å². The highest BCUT2D eigenvalue weighted by atomic mass is 19.4. The molecule has 2 atom stereocenters. The first-order chi connectivity index (χ1) is 16.4. The number of alkyl halides is 3. The van der Waals surface area contributed by atoms with Crippen LogP contribution in [0.2, 0.25) is 0 Å². The molecule has 0 radical (unpaired) electrons. The summed E-state index contributed by atoms with van der Waals surface area (Å²) in [6.45, 7) is 6.41. The SMILES string of the molecule is CC(C)[C@]1(C)CC(=O)N(Cc2cccc(N3C[C@@H](c4cccc(C(F)(F)F)c4)CC3=O)c2)C(=N)N1. The number of nitrogens with one attached hydrogen (secondary N) is 2. The van der Waals surface area contributed by atoms with Crippen LogP contribution in [-0.4, -0.2) is 34.8 Å². The van der Waals surface area contributed by atoms with Crippen LogP contribution in [0.25, 0.3) is 0 Å². The Morgan fingerprint density at radius 3 is 2.49 bits per heavy atom. The highest BCUT2D eigenvalue weighted by Crippen LogP contribution is 2.36. The first-order valence-corrected chi connectivity index (χ1v) is 11.6. The van der Waals surface area contributed by atoms with Crippen molar-refractivity contribution in [2.75, 3.05) is 11.4 Å². The third-order valence-corrected chi connectivity index (χ3v) is 7.14. The van der Waals surface area contributed by atoms with Crippen LogP contribution in [0.1, 0.15) is 56.2 Å². The molecule has 2 aromatic carbocycles. The van der Waals surface area contributed by atoms with Gasteiger partial charge in [-0.25, -0.2) is 0 Å². The fourth-order valence-electron chi connectivity index (χ4n) is 4.59. The third kappa shape index (κ3) is 5.04. The maximum absolute atomic E-state index is 13.1. The number of carbonyl (C=O) groups is 2. The van der Waals surface area contributed by atoms with Gasteiger partial charge in [0.25, 0.3) is 0 Å². The molecule has 2 aliphatic heterocycles. The number of nitrogens with zero attached hydrogens (tertiary/aromatic N) is 2. The van der Waals surface area contributed by atoms with Crippen molar-refractivity contribution in [2.24, 2.45) is 5.92 Å². The lowest BCUT2D eigenvalue weighted by atomic mass is 9.83. The van der Waals surface area contributed by atoms with Crippen LogP contribution in [0.5, 0.6) is 0 Å². The van der Waals surface area contributed by atoms with Crippen LogP contribution >= 0.6 is 0 Å². The van der Waals surface area contributed by atoms with Crippen molar-refractivity contribution >= 4 is 23.5 Å². The highest BCUT2D eigenvalue weighted by Gasteiger charge is 2.40. The van der Waals surface area contributed by atoms with Gasteiger partial charge in [-0.05, 0) is 42.2 Å².